The van der Waals surface area contributed by atoms with Gasteiger partial charge in [-0.05, 0) is 43.4 Å². The SMILES string of the molecule is O=[N+]([O-])C=Cc1ccc(OC2CCCC2)cc1. The molecule has 0 saturated heterocycles. The summed E-state index contributed by atoms with van der Waals surface area (Å²) in [6.45, 7) is 0. The van der Waals surface area contributed by atoms with Crippen molar-refractivity contribution in [1.82, 2.24) is 0 Å². The standard InChI is InChI=1S/C13H15NO3/c15-14(16)10-9-11-5-7-13(8-6-11)17-12-3-1-2-4-12/h5-10,12H,1-4H2. The molecule has 1 aliphatic carbocycles. The molecule has 90 valence electrons. The normalized spacial score (nSPS) is 16.5. The fourth-order valence-electron chi connectivity index (χ4n) is 2.00. The Morgan fingerprint density at radius 3 is 2.47 bits per heavy atom. The van der Waals surface area contributed by atoms with Crippen molar-refractivity contribution in [3.8, 4) is 5.75 Å². The van der Waals surface area contributed by atoms with Gasteiger partial charge in [-0.15, -0.1) is 0 Å². The van der Waals surface area contributed by atoms with Crippen LogP contribution in [0.5, 0.6) is 5.75 Å². The minimum atomic E-state index is -0.469. The van der Waals surface area contributed by atoms with Crippen LogP contribution in [0.4, 0.5) is 0 Å². The topological polar surface area (TPSA) is 52.4 Å². The lowest BCUT2D eigenvalue weighted by molar-refractivity contribution is -0.400. The third kappa shape index (κ3) is 3.59. The van der Waals surface area contributed by atoms with Crippen LogP contribution >= 0.6 is 0 Å². The maximum absolute atomic E-state index is 10.2. The Labute approximate surface area is 100 Å². The molecule has 1 aromatic carbocycles. The van der Waals surface area contributed by atoms with E-state index in [-0.39, 0.29) is 0 Å². The molecule has 0 heterocycles. The fourth-order valence-corrected chi connectivity index (χ4v) is 2.00. The van der Waals surface area contributed by atoms with E-state index < -0.39 is 4.92 Å². The first-order chi connectivity index (χ1) is 8.24. The molecule has 1 fully saturated rings. The first-order valence-corrected chi connectivity index (χ1v) is 5.82. The lowest BCUT2D eigenvalue weighted by Gasteiger charge is -2.12. The van der Waals surface area contributed by atoms with Crippen molar-refractivity contribution in [2.24, 2.45) is 0 Å². The van der Waals surface area contributed by atoms with Gasteiger partial charge in [0.25, 0.3) is 0 Å². The quantitative estimate of drug-likeness (QED) is 0.592. The summed E-state index contributed by atoms with van der Waals surface area (Å²) in [5.74, 6) is 0.843. The minimum absolute atomic E-state index is 0.343. The van der Waals surface area contributed by atoms with Gasteiger partial charge in [-0.3, -0.25) is 10.1 Å². The molecule has 17 heavy (non-hydrogen) atoms. The number of benzene rings is 1. The van der Waals surface area contributed by atoms with E-state index >= 15 is 0 Å². The number of nitrogens with zero attached hydrogens (tertiary/aromatic N) is 1. The van der Waals surface area contributed by atoms with Crippen LogP contribution in [0.2, 0.25) is 0 Å². The van der Waals surface area contributed by atoms with Gasteiger partial charge >= 0.3 is 0 Å². The van der Waals surface area contributed by atoms with E-state index in [1.807, 2.05) is 24.3 Å². The second-order valence-corrected chi connectivity index (χ2v) is 4.19. The van der Waals surface area contributed by atoms with Gasteiger partial charge in [0.15, 0.2) is 0 Å². The van der Waals surface area contributed by atoms with Crippen molar-refractivity contribution in [2.75, 3.05) is 0 Å². The molecule has 4 nitrogen and oxygen atoms in total. The number of nitro groups is 1. The van der Waals surface area contributed by atoms with Crippen molar-refractivity contribution in [3.63, 3.8) is 0 Å². The summed E-state index contributed by atoms with van der Waals surface area (Å²) in [5.41, 5.74) is 0.806. The van der Waals surface area contributed by atoms with E-state index in [2.05, 4.69) is 0 Å². The summed E-state index contributed by atoms with van der Waals surface area (Å²) < 4.78 is 5.80. The molecule has 1 aromatic rings. The molecule has 0 bridgehead atoms. The van der Waals surface area contributed by atoms with Gasteiger partial charge in [0.1, 0.15) is 5.75 Å². The summed E-state index contributed by atoms with van der Waals surface area (Å²) in [6.07, 6.45) is 7.50. The Balaban J connectivity index is 1.95. The zero-order valence-electron chi connectivity index (χ0n) is 9.54. The average Bonchev–Trinajstić information content (AvgIpc) is 2.81. The van der Waals surface area contributed by atoms with Gasteiger partial charge < -0.3 is 4.74 Å². The molecule has 0 unspecified atom stereocenters. The van der Waals surface area contributed by atoms with E-state index in [9.17, 15) is 10.1 Å². The number of rotatable bonds is 4. The maximum Gasteiger partial charge on any atom is 0.235 e. The Hall–Kier alpha value is -1.84. The third-order valence-corrected chi connectivity index (χ3v) is 2.87. The molecule has 0 aliphatic heterocycles. The van der Waals surface area contributed by atoms with Gasteiger partial charge in [0.2, 0.25) is 6.20 Å². The molecular weight excluding hydrogens is 218 g/mol. The van der Waals surface area contributed by atoms with Gasteiger partial charge in [-0.25, -0.2) is 0 Å². The van der Waals surface area contributed by atoms with Crippen LogP contribution in [0, 0.1) is 10.1 Å². The molecule has 1 aliphatic rings. The summed E-state index contributed by atoms with van der Waals surface area (Å²) in [5, 5.41) is 10.2. The van der Waals surface area contributed by atoms with Crippen molar-refractivity contribution < 1.29 is 9.66 Å². The van der Waals surface area contributed by atoms with Crippen LogP contribution in [0.1, 0.15) is 31.2 Å². The third-order valence-electron chi connectivity index (χ3n) is 2.87. The van der Waals surface area contributed by atoms with E-state index in [0.29, 0.717) is 6.10 Å². The molecule has 0 amide bonds. The largest absolute Gasteiger partial charge is 0.490 e. The molecule has 0 aromatic heterocycles. The molecule has 0 N–H and O–H groups in total. The number of hydrogen-bond donors (Lipinski definition) is 0. The number of ether oxygens (including phenoxy) is 1. The maximum atomic E-state index is 10.2. The van der Waals surface area contributed by atoms with Crippen molar-refractivity contribution >= 4 is 6.08 Å². The van der Waals surface area contributed by atoms with Gasteiger partial charge in [0, 0.05) is 6.08 Å². The average molecular weight is 233 g/mol. The first kappa shape index (κ1) is 11.6. The highest BCUT2D eigenvalue weighted by Gasteiger charge is 2.16. The van der Waals surface area contributed by atoms with Crippen LogP contribution in [-0.2, 0) is 0 Å². The Morgan fingerprint density at radius 2 is 1.88 bits per heavy atom. The number of hydrogen-bond acceptors (Lipinski definition) is 3. The van der Waals surface area contributed by atoms with E-state index in [0.717, 1.165) is 30.4 Å². The van der Waals surface area contributed by atoms with Crippen LogP contribution in [0.15, 0.2) is 30.5 Å². The highest BCUT2D eigenvalue weighted by atomic mass is 16.6. The molecule has 0 atom stereocenters. The first-order valence-electron chi connectivity index (χ1n) is 5.82. The molecule has 2 rings (SSSR count). The monoisotopic (exact) mass is 233 g/mol. The molecule has 0 radical (unpaired) electrons. The van der Waals surface area contributed by atoms with Crippen LogP contribution in [-0.4, -0.2) is 11.0 Å². The molecule has 0 spiro atoms. The molecular formula is C13H15NO3. The van der Waals surface area contributed by atoms with Crippen LogP contribution < -0.4 is 4.74 Å². The molecule has 1 saturated carbocycles. The smallest absolute Gasteiger partial charge is 0.235 e. The van der Waals surface area contributed by atoms with Gasteiger partial charge in [-0.2, -0.15) is 0 Å². The van der Waals surface area contributed by atoms with E-state index in [1.54, 1.807) is 0 Å². The Bertz CT molecular complexity index is 405. The van der Waals surface area contributed by atoms with Crippen molar-refractivity contribution in [3.05, 3.63) is 46.1 Å². The van der Waals surface area contributed by atoms with Crippen LogP contribution in [0.3, 0.4) is 0 Å². The van der Waals surface area contributed by atoms with Gasteiger partial charge in [0.05, 0.1) is 11.0 Å². The highest BCUT2D eigenvalue weighted by Crippen LogP contribution is 2.24. The zero-order chi connectivity index (χ0) is 12.1. The lowest BCUT2D eigenvalue weighted by atomic mass is 10.2. The molecule has 4 heteroatoms. The van der Waals surface area contributed by atoms with Crippen LogP contribution in [0.25, 0.3) is 6.08 Å². The van der Waals surface area contributed by atoms with Crippen molar-refractivity contribution in [1.29, 1.82) is 0 Å². The zero-order valence-corrected chi connectivity index (χ0v) is 9.54. The van der Waals surface area contributed by atoms with E-state index in [4.69, 9.17) is 4.74 Å². The van der Waals surface area contributed by atoms with Crippen molar-refractivity contribution in [2.45, 2.75) is 31.8 Å². The minimum Gasteiger partial charge on any atom is -0.490 e. The van der Waals surface area contributed by atoms with Gasteiger partial charge in [-0.1, -0.05) is 12.1 Å². The fraction of sp³-hybridized carbons (Fsp3) is 0.385. The summed E-state index contributed by atoms with van der Waals surface area (Å²) in [7, 11) is 0. The lowest BCUT2D eigenvalue weighted by Crippen LogP contribution is -2.10. The summed E-state index contributed by atoms with van der Waals surface area (Å²) in [4.78, 5) is 9.69. The summed E-state index contributed by atoms with van der Waals surface area (Å²) in [6, 6.07) is 7.37. The summed E-state index contributed by atoms with van der Waals surface area (Å²) >= 11 is 0. The highest BCUT2D eigenvalue weighted by molar-refractivity contribution is 5.49. The predicted molar refractivity (Wildman–Crippen MR) is 65.4 cm³/mol. The Kier molecular flexibility index (Phi) is 3.75. The van der Waals surface area contributed by atoms with E-state index in [1.165, 1.54) is 18.9 Å². The second-order valence-electron chi connectivity index (χ2n) is 4.19. The predicted octanol–water partition coefficient (Wildman–Crippen LogP) is 3.26. The Morgan fingerprint density at radius 1 is 1.24 bits per heavy atom. The second kappa shape index (κ2) is 5.48.